The lowest BCUT2D eigenvalue weighted by molar-refractivity contribution is -0.385. The minimum atomic E-state index is -1.27. The number of hydrogen-bond donors (Lipinski definition) is 2. The average Bonchev–Trinajstić information content (AvgIpc) is 2.48. The van der Waals surface area contributed by atoms with Crippen LogP contribution in [0.15, 0.2) is 24.4 Å². The number of carboxylic acids is 1. The van der Waals surface area contributed by atoms with Gasteiger partial charge in [-0.2, -0.15) is 0 Å². The van der Waals surface area contributed by atoms with Crippen molar-refractivity contribution in [2.24, 2.45) is 0 Å². The molecule has 0 aliphatic rings. The van der Waals surface area contributed by atoms with Crippen LogP contribution in [0.5, 0.6) is 0 Å². The maximum Gasteiger partial charge on any atom is 0.407 e. The smallest absolute Gasteiger partial charge is 0.407 e. The summed E-state index contributed by atoms with van der Waals surface area (Å²) < 4.78 is 5.07. The fourth-order valence-corrected chi connectivity index (χ4v) is 1.83. The first kappa shape index (κ1) is 20.1. The van der Waals surface area contributed by atoms with Crippen molar-refractivity contribution in [3.05, 3.63) is 45.8 Å². The number of rotatable bonds is 7. The molecular formula is C16H21N3O6. The Hall–Kier alpha value is -2.97. The van der Waals surface area contributed by atoms with Gasteiger partial charge in [0.15, 0.2) is 0 Å². The molecule has 1 aromatic heterocycles. The van der Waals surface area contributed by atoms with Gasteiger partial charge >= 0.3 is 12.1 Å². The zero-order valence-corrected chi connectivity index (χ0v) is 14.3. The maximum atomic E-state index is 11.4. The SMILES string of the molecule is CC(C)(C)OC(=O)NC/C=C/CCc1ncc(C(=O)O)cc1[N+](=O)[O-]. The Morgan fingerprint density at radius 3 is 2.64 bits per heavy atom. The fraction of sp³-hybridized carbons (Fsp3) is 0.438. The second-order valence-corrected chi connectivity index (χ2v) is 6.14. The van der Waals surface area contributed by atoms with Crippen LogP contribution < -0.4 is 5.32 Å². The van der Waals surface area contributed by atoms with E-state index in [9.17, 15) is 19.7 Å². The molecule has 136 valence electrons. The Kier molecular flexibility index (Phi) is 7.04. The largest absolute Gasteiger partial charge is 0.478 e. The zero-order chi connectivity index (χ0) is 19.0. The number of nitrogens with one attached hydrogen (secondary N) is 1. The molecule has 9 nitrogen and oxygen atoms in total. The predicted molar refractivity (Wildman–Crippen MR) is 89.5 cm³/mol. The van der Waals surface area contributed by atoms with Gasteiger partial charge in [-0.15, -0.1) is 0 Å². The standard InChI is InChI=1S/C16H21N3O6/c1-16(2,3)25-15(22)17-8-6-4-5-7-12-13(19(23)24)9-11(10-18-12)14(20)21/h4,6,9-10H,5,7-8H2,1-3H3,(H,17,22)(H,20,21)/b6-4+. The molecule has 0 atom stereocenters. The lowest BCUT2D eigenvalue weighted by atomic mass is 10.1. The molecule has 1 amide bonds. The predicted octanol–water partition coefficient (Wildman–Crippen LogP) is 2.70. The van der Waals surface area contributed by atoms with Crippen LogP contribution in [0.4, 0.5) is 10.5 Å². The van der Waals surface area contributed by atoms with Crippen molar-refractivity contribution >= 4 is 17.7 Å². The van der Waals surface area contributed by atoms with Crippen molar-refractivity contribution < 1.29 is 24.4 Å². The zero-order valence-electron chi connectivity index (χ0n) is 14.3. The highest BCUT2D eigenvalue weighted by Crippen LogP contribution is 2.19. The van der Waals surface area contributed by atoms with E-state index in [1.54, 1.807) is 32.9 Å². The molecule has 1 heterocycles. The number of aryl methyl sites for hydroxylation is 1. The van der Waals surface area contributed by atoms with Crippen molar-refractivity contribution in [3.63, 3.8) is 0 Å². The molecule has 0 radical (unpaired) electrons. The number of pyridine rings is 1. The molecule has 0 aliphatic heterocycles. The first-order valence-corrected chi connectivity index (χ1v) is 7.58. The molecule has 2 N–H and O–H groups in total. The Labute approximate surface area is 144 Å². The van der Waals surface area contributed by atoms with Crippen LogP contribution in [0.3, 0.4) is 0 Å². The fourth-order valence-electron chi connectivity index (χ4n) is 1.83. The van der Waals surface area contributed by atoms with Crippen molar-refractivity contribution in [2.45, 2.75) is 39.2 Å². The van der Waals surface area contributed by atoms with Crippen molar-refractivity contribution in [2.75, 3.05) is 6.54 Å². The molecule has 0 spiro atoms. The van der Waals surface area contributed by atoms with Crippen LogP contribution in [-0.2, 0) is 11.2 Å². The van der Waals surface area contributed by atoms with Gasteiger partial charge in [0.25, 0.3) is 5.69 Å². The van der Waals surface area contributed by atoms with Crippen LogP contribution in [0.2, 0.25) is 0 Å². The van der Waals surface area contributed by atoms with E-state index in [1.807, 2.05) is 0 Å². The first-order chi connectivity index (χ1) is 11.6. The third-order valence-corrected chi connectivity index (χ3v) is 2.87. The number of amides is 1. The van der Waals surface area contributed by atoms with Gasteiger partial charge in [0, 0.05) is 25.2 Å². The molecule has 1 aromatic rings. The van der Waals surface area contributed by atoms with E-state index in [4.69, 9.17) is 9.84 Å². The van der Waals surface area contributed by atoms with E-state index < -0.39 is 22.6 Å². The van der Waals surface area contributed by atoms with Crippen molar-refractivity contribution in [1.29, 1.82) is 0 Å². The lowest BCUT2D eigenvalue weighted by Gasteiger charge is -2.19. The third-order valence-electron chi connectivity index (χ3n) is 2.87. The highest BCUT2D eigenvalue weighted by atomic mass is 16.6. The molecular weight excluding hydrogens is 330 g/mol. The van der Waals surface area contributed by atoms with E-state index in [-0.39, 0.29) is 29.9 Å². The quantitative estimate of drug-likeness (QED) is 0.438. The molecule has 0 saturated carbocycles. The molecule has 1 rings (SSSR count). The summed E-state index contributed by atoms with van der Waals surface area (Å²) >= 11 is 0. The van der Waals surface area contributed by atoms with E-state index in [0.717, 1.165) is 12.3 Å². The monoisotopic (exact) mass is 351 g/mol. The topological polar surface area (TPSA) is 132 Å². The second kappa shape index (κ2) is 8.76. The number of carbonyl (C=O) groups is 2. The first-order valence-electron chi connectivity index (χ1n) is 7.58. The van der Waals surface area contributed by atoms with Gasteiger partial charge in [0.05, 0.1) is 10.5 Å². The number of allylic oxidation sites excluding steroid dienone is 1. The molecule has 0 aliphatic carbocycles. The molecule has 0 unspecified atom stereocenters. The van der Waals surface area contributed by atoms with Crippen LogP contribution >= 0.6 is 0 Å². The normalized spacial score (nSPS) is 11.3. The number of aromatic carboxylic acids is 1. The molecule has 0 fully saturated rings. The lowest BCUT2D eigenvalue weighted by Crippen LogP contribution is -2.32. The summed E-state index contributed by atoms with van der Waals surface area (Å²) in [6, 6.07) is 0.998. The number of alkyl carbamates (subject to hydrolysis) is 1. The second-order valence-electron chi connectivity index (χ2n) is 6.14. The van der Waals surface area contributed by atoms with Crippen LogP contribution in [-0.4, -0.2) is 39.2 Å². The summed E-state index contributed by atoms with van der Waals surface area (Å²) in [4.78, 5) is 36.5. The highest BCUT2D eigenvalue weighted by Gasteiger charge is 2.18. The van der Waals surface area contributed by atoms with E-state index >= 15 is 0 Å². The Bertz CT molecular complexity index is 679. The van der Waals surface area contributed by atoms with Gasteiger partial charge in [-0.3, -0.25) is 15.1 Å². The molecule has 0 aromatic carbocycles. The highest BCUT2D eigenvalue weighted by molar-refractivity contribution is 5.88. The summed E-state index contributed by atoms with van der Waals surface area (Å²) in [5, 5.41) is 22.4. The van der Waals surface area contributed by atoms with Crippen molar-refractivity contribution in [1.82, 2.24) is 10.3 Å². The van der Waals surface area contributed by atoms with Gasteiger partial charge < -0.3 is 15.2 Å². The third kappa shape index (κ3) is 7.42. The number of aromatic nitrogens is 1. The molecule has 0 saturated heterocycles. The summed E-state index contributed by atoms with van der Waals surface area (Å²) in [6.45, 7) is 5.55. The number of carboxylic acid groups (broad SMARTS) is 1. The number of hydrogen-bond acceptors (Lipinski definition) is 6. The van der Waals surface area contributed by atoms with Gasteiger partial charge in [0.1, 0.15) is 11.3 Å². The summed E-state index contributed by atoms with van der Waals surface area (Å²) in [5.74, 6) is -1.27. The number of carbonyl (C=O) groups excluding carboxylic acids is 1. The maximum absolute atomic E-state index is 11.4. The minimum Gasteiger partial charge on any atom is -0.478 e. The Morgan fingerprint density at radius 1 is 1.40 bits per heavy atom. The molecule has 9 heteroatoms. The van der Waals surface area contributed by atoms with Gasteiger partial charge in [0.2, 0.25) is 0 Å². The summed E-state index contributed by atoms with van der Waals surface area (Å²) in [5.41, 5.74) is -0.909. The number of nitro groups is 1. The van der Waals surface area contributed by atoms with Crippen LogP contribution in [0.1, 0.15) is 43.2 Å². The minimum absolute atomic E-state index is 0.208. The van der Waals surface area contributed by atoms with Gasteiger partial charge in [-0.05, 0) is 27.2 Å². The summed E-state index contributed by atoms with van der Waals surface area (Å²) in [7, 11) is 0. The Balaban J connectivity index is 2.52. The number of ether oxygens (including phenoxy) is 1. The summed E-state index contributed by atoms with van der Waals surface area (Å²) in [6.07, 6.45) is 4.74. The van der Waals surface area contributed by atoms with E-state index in [1.165, 1.54) is 0 Å². The number of nitrogens with zero attached hydrogens (tertiary/aromatic N) is 2. The molecule has 0 bridgehead atoms. The van der Waals surface area contributed by atoms with Gasteiger partial charge in [-0.1, -0.05) is 12.2 Å². The average molecular weight is 351 g/mol. The molecule has 25 heavy (non-hydrogen) atoms. The van der Waals surface area contributed by atoms with E-state index in [0.29, 0.717) is 6.42 Å². The van der Waals surface area contributed by atoms with Gasteiger partial charge in [-0.25, -0.2) is 9.59 Å². The van der Waals surface area contributed by atoms with E-state index in [2.05, 4.69) is 10.3 Å². The van der Waals surface area contributed by atoms with Crippen molar-refractivity contribution in [3.8, 4) is 0 Å². The van der Waals surface area contributed by atoms with Crippen LogP contribution in [0, 0.1) is 10.1 Å². The van der Waals surface area contributed by atoms with Crippen LogP contribution in [0.25, 0.3) is 0 Å². The Morgan fingerprint density at radius 2 is 2.08 bits per heavy atom.